The van der Waals surface area contributed by atoms with Crippen LogP contribution in [0, 0.1) is 11.3 Å². The molecule has 4 rings (SSSR count). The fourth-order valence-corrected chi connectivity index (χ4v) is 4.08. The van der Waals surface area contributed by atoms with Gasteiger partial charge in [-0.15, -0.1) is 0 Å². The number of benzene rings is 1. The highest BCUT2D eigenvalue weighted by Gasteiger charge is 2.26. The number of ether oxygens (including phenoxy) is 1. The van der Waals surface area contributed by atoms with Gasteiger partial charge in [0.2, 0.25) is 11.2 Å². The maximum Gasteiger partial charge on any atom is 0.407 e. The maximum atomic E-state index is 13.1. The second-order valence-corrected chi connectivity index (χ2v) is 9.61. The minimum absolute atomic E-state index is 0.0306. The molecule has 1 atom stereocenters. The highest BCUT2D eigenvalue weighted by Crippen LogP contribution is 2.21. The molecule has 2 aromatic heterocycles. The molecule has 10 nitrogen and oxygen atoms in total. The van der Waals surface area contributed by atoms with Crippen LogP contribution in [0.2, 0.25) is 5.28 Å². The van der Waals surface area contributed by atoms with Crippen LogP contribution in [0.1, 0.15) is 44.7 Å². The Kier molecular flexibility index (Phi) is 6.48. The van der Waals surface area contributed by atoms with Crippen molar-refractivity contribution in [3.8, 4) is 6.07 Å². The van der Waals surface area contributed by atoms with Crippen molar-refractivity contribution in [2.45, 2.75) is 51.8 Å². The number of fused-ring (bicyclic) bond motifs is 1. The Morgan fingerprint density at radius 2 is 2.06 bits per heavy atom. The van der Waals surface area contributed by atoms with Crippen molar-refractivity contribution in [1.82, 2.24) is 24.8 Å². The summed E-state index contributed by atoms with van der Waals surface area (Å²) in [6, 6.07) is 8.88. The summed E-state index contributed by atoms with van der Waals surface area (Å²) in [6.45, 7) is 6.92. The van der Waals surface area contributed by atoms with Crippen LogP contribution in [0.4, 0.5) is 10.7 Å². The van der Waals surface area contributed by atoms with Gasteiger partial charge < -0.3 is 19.9 Å². The van der Waals surface area contributed by atoms with Crippen LogP contribution in [0.5, 0.6) is 0 Å². The molecule has 0 aliphatic carbocycles. The molecule has 1 amide bonds. The molecule has 178 valence electrons. The lowest BCUT2D eigenvalue weighted by Gasteiger charge is -2.33. The second kappa shape index (κ2) is 9.35. The molecule has 1 aromatic carbocycles. The van der Waals surface area contributed by atoms with Crippen LogP contribution in [0.25, 0.3) is 11.2 Å². The van der Waals surface area contributed by atoms with Crippen LogP contribution >= 0.6 is 11.6 Å². The number of piperidine rings is 1. The number of rotatable bonds is 4. The van der Waals surface area contributed by atoms with Crippen molar-refractivity contribution in [1.29, 1.82) is 5.26 Å². The lowest BCUT2D eigenvalue weighted by Crippen LogP contribution is -2.49. The third-order valence-electron chi connectivity index (χ3n) is 5.42. The van der Waals surface area contributed by atoms with Crippen LogP contribution < -0.4 is 15.8 Å². The highest BCUT2D eigenvalue weighted by molar-refractivity contribution is 6.28. The zero-order valence-corrected chi connectivity index (χ0v) is 20.0. The van der Waals surface area contributed by atoms with E-state index in [1.165, 1.54) is 4.57 Å². The molecule has 34 heavy (non-hydrogen) atoms. The summed E-state index contributed by atoms with van der Waals surface area (Å²) in [5, 5.41) is 11.9. The number of H-pyrrole nitrogens is 1. The topological polar surface area (TPSA) is 129 Å². The lowest BCUT2D eigenvalue weighted by atomic mass is 10.1. The largest absolute Gasteiger partial charge is 0.444 e. The Hall–Kier alpha value is -3.58. The Balaban J connectivity index is 1.54. The molecule has 11 heteroatoms. The van der Waals surface area contributed by atoms with E-state index >= 15 is 0 Å². The lowest BCUT2D eigenvalue weighted by molar-refractivity contribution is 0.0500. The molecule has 0 bridgehead atoms. The molecular formula is C23H26ClN7O3. The minimum Gasteiger partial charge on any atom is -0.444 e. The summed E-state index contributed by atoms with van der Waals surface area (Å²) < 4.78 is 6.71. The van der Waals surface area contributed by atoms with E-state index in [9.17, 15) is 9.59 Å². The number of carbonyl (C=O) groups is 1. The average molecular weight is 484 g/mol. The van der Waals surface area contributed by atoms with Crippen LogP contribution in [0.3, 0.4) is 0 Å². The van der Waals surface area contributed by atoms with Gasteiger partial charge >= 0.3 is 6.09 Å². The third-order valence-corrected chi connectivity index (χ3v) is 5.71. The van der Waals surface area contributed by atoms with E-state index in [1.54, 1.807) is 24.3 Å². The van der Waals surface area contributed by atoms with Gasteiger partial charge in [0, 0.05) is 19.1 Å². The number of nitrogens with zero attached hydrogens (tertiary/aromatic N) is 5. The zero-order chi connectivity index (χ0) is 24.5. The Morgan fingerprint density at radius 3 is 2.74 bits per heavy atom. The average Bonchev–Trinajstić information content (AvgIpc) is 3.20. The minimum atomic E-state index is -0.570. The number of amides is 1. The van der Waals surface area contributed by atoms with Gasteiger partial charge in [-0.05, 0) is 62.9 Å². The standard InChI is InChI=1S/C23H26ClN7O3/c1-23(2,3)34-22(33)26-16-5-4-10-30(13-16)21-27-17-18(29-21)28-20(24)31(19(17)32)12-15-8-6-14(11-25)7-9-15/h6-9,16H,4-5,10,12-13H2,1-3H3,(H,26,33)(H,27,29). The number of halogens is 1. The summed E-state index contributed by atoms with van der Waals surface area (Å²) >= 11 is 6.32. The van der Waals surface area contributed by atoms with Gasteiger partial charge in [0.15, 0.2) is 11.2 Å². The fourth-order valence-electron chi connectivity index (χ4n) is 3.86. The predicted octanol–water partition coefficient (Wildman–Crippen LogP) is 3.19. The fraction of sp³-hybridized carbons (Fsp3) is 0.435. The number of aromatic nitrogens is 4. The van der Waals surface area contributed by atoms with Crippen LogP contribution in [0.15, 0.2) is 29.1 Å². The molecule has 3 heterocycles. The van der Waals surface area contributed by atoms with E-state index in [0.717, 1.165) is 24.9 Å². The Labute approximate surface area is 201 Å². The smallest absolute Gasteiger partial charge is 0.407 e. The van der Waals surface area contributed by atoms with Gasteiger partial charge in [-0.1, -0.05) is 12.1 Å². The summed E-state index contributed by atoms with van der Waals surface area (Å²) in [5.41, 5.74) is 0.947. The molecular weight excluding hydrogens is 458 g/mol. The number of nitrogens with one attached hydrogen (secondary N) is 2. The van der Waals surface area contributed by atoms with Crippen molar-refractivity contribution in [2.24, 2.45) is 0 Å². The predicted molar refractivity (Wildman–Crippen MR) is 128 cm³/mol. The van der Waals surface area contributed by atoms with Crippen molar-refractivity contribution >= 4 is 34.8 Å². The number of anilines is 1. The summed E-state index contributed by atoms with van der Waals surface area (Å²) in [7, 11) is 0. The third kappa shape index (κ3) is 5.31. The quantitative estimate of drug-likeness (QED) is 0.545. The molecule has 0 radical (unpaired) electrons. The van der Waals surface area contributed by atoms with Gasteiger partial charge in [-0.25, -0.2) is 4.79 Å². The van der Waals surface area contributed by atoms with Crippen molar-refractivity contribution < 1.29 is 9.53 Å². The number of carbonyl (C=O) groups excluding carboxylic acids is 1. The molecule has 1 unspecified atom stereocenters. The summed E-state index contributed by atoms with van der Waals surface area (Å²) in [6.07, 6.45) is 1.20. The summed E-state index contributed by atoms with van der Waals surface area (Å²) in [5.74, 6) is 0.502. The normalized spacial score (nSPS) is 16.3. The number of nitriles is 1. The molecule has 3 aromatic rings. The molecule has 2 N–H and O–H groups in total. The first kappa shape index (κ1) is 23.6. The van der Waals surface area contributed by atoms with Gasteiger partial charge in [-0.3, -0.25) is 9.36 Å². The van der Waals surface area contributed by atoms with E-state index in [-0.39, 0.29) is 34.6 Å². The maximum absolute atomic E-state index is 13.1. The van der Waals surface area contributed by atoms with Crippen molar-refractivity contribution in [3.63, 3.8) is 0 Å². The number of aromatic amines is 1. The number of alkyl carbamates (subject to hydrolysis) is 1. The SMILES string of the molecule is CC(C)(C)OC(=O)NC1CCCN(c2nc3nc(Cl)n(Cc4ccc(C#N)cc4)c(=O)c3[nH]2)C1. The number of imidazole rings is 1. The molecule has 1 aliphatic rings. The van der Waals surface area contributed by atoms with Crippen molar-refractivity contribution in [2.75, 3.05) is 18.0 Å². The van der Waals surface area contributed by atoms with E-state index in [1.807, 2.05) is 25.7 Å². The first-order chi connectivity index (χ1) is 16.1. The van der Waals surface area contributed by atoms with E-state index in [2.05, 4.69) is 26.3 Å². The van der Waals surface area contributed by atoms with Gasteiger partial charge in [-0.2, -0.15) is 15.2 Å². The molecule has 1 fully saturated rings. The number of hydrogen-bond acceptors (Lipinski definition) is 7. The highest BCUT2D eigenvalue weighted by atomic mass is 35.5. The van der Waals surface area contributed by atoms with Crippen LogP contribution in [-0.4, -0.2) is 50.3 Å². The van der Waals surface area contributed by atoms with Crippen LogP contribution in [-0.2, 0) is 11.3 Å². The summed E-state index contributed by atoms with van der Waals surface area (Å²) in [4.78, 5) is 39.2. The van der Waals surface area contributed by atoms with Gasteiger partial charge in [0.05, 0.1) is 18.2 Å². The van der Waals surface area contributed by atoms with E-state index in [4.69, 9.17) is 21.6 Å². The van der Waals surface area contributed by atoms with Gasteiger partial charge in [0.1, 0.15) is 5.60 Å². The van der Waals surface area contributed by atoms with Gasteiger partial charge in [0.25, 0.3) is 5.56 Å². The molecule has 0 spiro atoms. The second-order valence-electron chi connectivity index (χ2n) is 9.27. The number of hydrogen-bond donors (Lipinski definition) is 2. The molecule has 0 saturated carbocycles. The first-order valence-corrected chi connectivity index (χ1v) is 11.4. The zero-order valence-electron chi connectivity index (χ0n) is 19.3. The Morgan fingerprint density at radius 1 is 1.32 bits per heavy atom. The molecule has 1 saturated heterocycles. The van der Waals surface area contributed by atoms with Crippen molar-refractivity contribution in [3.05, 3.63) is 51.0 Å². The van der Waals surface area contributed by atoms with E-state index in [0.29, 0.717) is 18.1 Å². The van der Waals surface area contributed by atoms with E-state index < -0.39 is 11.7 Å². The first-order valence-electron chi connectivity index (χ1n) is 11.0. The molecule has 1 aliphatic heterocycles. The monoisotopic (exact) mass is 483 g/mol. The Bertz CT molecular complexity index is 1300.